The Morgan fingerprint density at radius 3 is 2.82 bits per heavy atom. The highest BCUT2D eigenvalue weighted by atomic mass is 16.1. The summed E-state index contributed by atoms with van der Waals surface area (Å²) in [5.74, 6) is 0.871. The van der Waals surface area contributed by atoms with E-state index in [1.54, 1.807) is 6.20 Å². The van der Waals surface area contributed by atoms with Crippen LogP contribution >= 0.6 is 0 Å². The maximum Gasteiger partial charge on any atom is 0.163 e. The number of benzene rings is 1. The predicted octanol–water partition coefficient (Wildman–Crippen LogP) is 3.79. The third-order valence-electron chi connectivity index (χ3n) is 4.36. The molecule has 0 radical (unpaired) electrons. The van der Waals surface area contributed by atoms with Crippen molar-refractivity contribution in [2.24, 2.45) is 11.7 Å². The van der Waals surface area contributed by atoms with Crippen molar-refractivity contribution in [3.8, 4) is 0 Å². The van der Waals surface area contributed by atoms with E-state index in [2.05, 4.69) is 11.4 Å². The Labute approximate surface area is 133 Å². The molecule has 0 amide bonds. The molecule has 1 aliphatic rings. The Kier molecular flexibility index (Phi) is 6.26. The third kappa shape index (κ3) is 4.76. The van der Waals surface area contributed by atoms with Crippen LogP contribution in [0.4, 0.5) is 0 Å². The number of nitrogens with two attached hydrogens (primary N) is 1. The number of nitrogens with one attached hydrogen (secondary N) is 1. The van der Waals surface area contributed by atoms with Crippen LogP contribution in [-0.4, -0.2) is 12.8 Å². The van der Waals surface area contributed by atoms with Crippen LogP contribution in [0.1, 0.15) is 48.9 Å². The number of carbonyl (C=O) groups is 1. The average Bonchev–Trinajstić information content (AvgIpc) is 2.58. The van der Waals surface area contributed by atoms with E-state index in [4.69, 9.17) is 5.73 Å². The van der Waals surface area contributed by atoms with Gasteiger partial charge in [0.1, 0.15) is 0 Å². The molecule has 0 aromatic heterocycles. The van der Waals surface area contributed by atoms with Gasteiger partial charge in [-0.05, 0) is 38.0 Å². The molecule has 1 aliphatic carbocycles. The first-order valence-corrected chi connectivity index (χ1v) is 8.07. The normalized spacial score (nSPS) is 18.7. The second-order valence-corrected chi connectivity index (χ2v) is 5.95. The summed E-state index contributed by atoms with van der Waals surface area (Å²) in [6.07, 6.45) is 9.87. The second-order valence-electron chi connectivity index (χ2n) is 5.95. The lowest BCUT2D eigenvalue weighted by molar-refractivity contribution is 0.0982. The van der Waals surface area contributed by atoms with E-state index in [-0.39, 0.29) is 5.78 Å². The van der Waals surface area contributed by atoms with Gasteiger partial charge in [-0.15, -0.1) is 0 Å². The standard InChI is InChI=1S/C19H26N2O/c1-21-18(14-20)13-16-7-5-6-15(12-16)10-11-19(22)17-8-3-2-4-9-17/h2-4,6,8-9,14,16,21H,5,7,10-13,20H2,1H3/b18-14-. The fourth-order valence-corrected chi connectivity index (χ4v) is 3.06. The smallest absolute Gasteiger partial charge is 0.163 e. The molecule has 0 heterocycles. The molecular weight excluding hydrogens is 272 g/mol. The van der Waals surface area contributed by atoms with E-state index in [0.29, 0.717) is 12.3 Å². The summed E-state index contributed by atoms with van der Waals surface area (Å²) in [7, 11) is 1.91. The first kappa shape index (κ1) is 16.3. The van der Waals surface area contributed by atoms with Crippen molar-refractivity contribution in [1.82, 2.24) is 5.32 Å². The van der Waals surface area contributed by atoms with Crippen LogP contribution in [0.5, 0.6) is 0 Å². The molecule has 0 saturated heterocycles. The van der Waals surface area contributed by atoms with Gasteiger partial charge >= 0.3 is 0 Å². The summed E-state index contributed by atoms with van der Waals surface area (Å²) in [4.78, 5) is 12.2. The molecule has 3 heteroatoms. The first-order chi connectivity index (χ1) is 10.7. The number of Topliss-reactive ketones (excluding diaryl/α,β-unsaturated/α-hetero) is 1. The number of ketones is 1. The van der Waals surface area contributed by atoms with Crippen molar-refractivity contribution in [2.45, 2.75) is 38.5 Å². The number of carbonyl (C=O) groups excluding carboxylic acids is 1. The molecule has 1 unspecified atom stereocenters. The number of allylic oxidation sites excluding steroid dienone is 3. The van der Waals surface area contributed by atoms with Gasteiger partial charge in [0.25, 0.3) is 0 Å². The van der Waals surface area contributed by atoms with E-state index in [1.807, 2.05) is 37.4 Å². The summed E-state index contributed by atoms with van der Waals surface area (Å²) in [5.41, 5.74) is 8.96. The maximum absolute atomic E-state index is 12.2. The van der Waals surface area contributed by atoms with Gasteiger partial charge in [0, 0.05) is 30.9 Å². The lowest BCUT2D eigenvalue weighted by atomic mass is 9.83. The highest BCUT2D eigenvalue weighted by Gasteiger charge is 2.17. The zero-order valence-electron chi connectivity index (χ0n) is 13.3. The van der Waals surface area contributed by atoms with E-state index >= 15 is 0 Å². The molecule has 22 heavy (non-hydrogen) atoms. The number of hydrogen-bond donors (Lipinski definition) is 2. The van der Waals surface area contributed by atoms with Crippen molar-refractivity contribution in [1.29, 1.82) is 0 Å². The zero-order valence-corrected chi connectivity index (χ0v) is 13.3. The molecule has 0 aliphatic heterocycles. The zero-order chi connectivity index (χ0) is 15.8. The molecule has 1 aromatic carbocycles. The quantitative estimate of drug-likeness (QED) is 0.595. The minimum atomic E-state index is 0.237. The Hall–Kier alpha value is -2.03. The summed E-state index contributed by atoms with van der Waals surface area (Å²) in [5, 5.41) is 3.15. The van der Waals surface area contributed by atoms with Gasteiger partial charge in [-0.25, -0.2) is 0 Å². The number of rotatable bonds is 7. The summed E-state index contributed by atoms with van der Waals surface area (Å²) >= 11 is 0. The molecule has 118 valence electrons. The lowest BCUT2D eigenvalue weighted by Crippen LogP contribution is -2.15. The second kappa shape index (κ2) is 8.42. The Bertz CT molecular complexity index is 546. The average molecular weight is 298 g/mol. The van der Waals surface area contributed by atoms with Gasteiger partial charge in [-0.3, -0.25) is 4.79 Å². The van der Waals surface area contributed by atoms with Crippen molar-refractivity contribution in [3.05, 3.63) is 59.4 Å². The Morgan fingerprint density at radius 1 is 1.36 bits per heavy atom. The van der Waals surface area contributed by atoms with Gasteiger partial charge in [0.15, 0.2) is 5.78 Å². The van der Waals surface area contributed by atoms with Crippen LogP contribution in [-0.2, 0) is 0 Å². The van der Waals surface area contributed by atoms with E-state index in [9.17, 15) is 4.79 Å². The van der Waals surface area contributed by atoms with Crippen molar-refractivity contribution < 1.29 is 4.79 Å². The topological polar surface area (TPSA) is 55.1 Å². The molecule has 0 fully saturated rings. The Balaban J connectivity index is 1.83. The molecular formula is C19H26N2O. The van der Waals surface area contributed by atoms with E-state index < -0.39 is 0 Å². The molecule has 2 rings (SSSR count). The summed E-state index contributed by atoms with van der Waals surface area (Å²) in [6, 6.07) is 9.57. The van der Waals surface area contributed by atoms with Crippen molar-refractivity contribution in [3.63, 3.8) is 0 Å². The van der Waals surface area contributed by atoms with Gasteiger partial charge < -0.3 is 11.1 Å². The number of hydrogen-bond acceptors (Lipinski definition) is 3. The molecule has 0 spiro atoms. The summed E-state index contributed by atoms with van der Waals surface area (Å²) < 4.78 is 0. The van der Waals surface area contributed by atoms with Crippen LogP contribution in [0.3, 0.4) is 0 Å². The molecule has 0 bridgehead atoms. The molecule has 1 aromatic rings. The van der Waals surface area contributed by atoms with Crippen molar-refractivity contribution >= 4 is 5.78 Å². The van der Waals surface area contributed by atoms with Crippen LogP contribution in [0, 0.1) is 5.92 Å². The highest BCUT2D eigenvalue weighted by molar-refractivity contribution is 5.96. The largest absolute Gasteiger partial charge is 0.403 e. The fraction of sp³-hybridized carbons (Fsp3) is 0.421. The maximum atomic E-state index is 12.2. The van der Waals surface area contributed by atoms with Crippen LogP contribution in [0.25, 0.3) is 0 Å². The minimum Gasteiger partial charge on any atom is -0.403 e. The summed E-state index contributed by atoms with van der Waals surface area (Å²) in [6.45, 7) is 0. The van der Waals surface area contributed by atoms with E-state index in [1.165, 1.54) is 12.0 Å². The first-order valence-electron chi connectivity index (χ1n) is 8.07. The van der Waals surface area contributed by atoms with Gasteiger partial charge in [-0.1, -0.05) is 42.0 Å². The van der Waals surface area contributed by atoms with Crippen LogP contribution in [0.2, 0.25) is 0 Å². The molecule has 0 saturated carbocycles. The highest BCUT2D eigenvalue weighted by Crippen LogP contribution is 2.30. The van der Waals surface area contributed by atoms with Crippen LogP contribution in [0.15, 0.2) is 53.9 Å². The van der Waals surface area contributed by atoms with Gasteiger partial charge in [0.05, 0.1) is 0 Å². The third-order valence-corrected chi connectivity index (χ3v) is 4.36. The monoisotopic (exact) mass is 298 g/mol. The molecule has 3 N–H and O–H groups in total. The fourth-order valence-electron chi connectivity index (χ4n) is 3.06. The molecule has 1 atom stereocenters. The molecule has 3 nitrogen and oxygen atoms in total. The predicted molar refractivity (Wildman–Crippen MR) is 91.4 cm³/mol. The van der Waals surface area contributed by atoms with Crippen LogP contribution < -0.4 is 11.1 Å². The van der Waals surface area contributed by atoms with Crippen molar-refractivity contribution in [2.75, 3.05) is 7.05 Å². The van der Waals surface area contributed by atoms with Gasteiger partial charge in [0.2, 0.25) is 0 Å². The Morgan fingerprint density at radius 2 is 2.14 bits per heavy atom. The minimum absolute atomic E-state index is 0.237. The van der Waals surface area contributed by atoms with E-state index in [0.717, 1.165) is 36.9 Å². The SMILES string of the molecule is CN/C(=C\N)CC1CCC=C(CCC(=O)c2ccccc2)C1. The van der Waals surface area contributed by atoms with Gasteiger partial charge in [-0.2, -0.15) is 0 Å². The lowest BCUT2D eigenvalue weighted by Gasteiger charge is -2.23.